The van der Waals surface area contributed by atoms with Gasteiger partial charge in [0.2, 0.25) is 0 Å². The number of hydrogen-bond acceptors (Lipinski definition) is 2. The van der Waals surface area contributed by atoms with Crippen molar-refractivity contribution in [3.05, 3.63) is 35.4 Å². The average Bonchev–Trinajstić information content (AvgIpc) is 2.38. The highest BCUT2D eigenvalue weighted by molar-refractivity contribution is 5.29. The van der Waals surface area contributed by atoms with Gasteiger partial charge < -0.3 is 10.4 Å². The van der Waals surface area contributed by atoms with Crippen molar-refractivity contribution in [3.63, 3.8) is 0 Å². The molecule has 18 heavy (non-hydrogen) atoms. The second kappa shape index (κ2) is 5.28. The highest BCUT2D eigenvalue weighted by Gasteiger charge is 2.31. The quantitative estimate of drug-likeness (QED) is 0.854. The molecule has 2 unspecified atom stereocenters. The van der Waals surface area contributed by atoms with Crippen molar-refractivity contribution in [3.8, 4) is 0 Å². The summed E-state index contributed by atoms with van der Waals surface area (Å²) in [5, 5.41) is 12.3. The van der Waals surface area contributed by atoms with E-state index in [0.29, 0.717) is 12.1 Å². The van der Waals surface area contributed by atoms with Gasteiger partial charge in [0.15, 0.2) is 0 Å². The summed E-state index contributed by atoms with van der Waals surface area (Å²) in [4.78, 5) is 0. The molecule has 1 aliphatic heterocycles. The number of benzene rings is 1. The maximum Gasteiger partial charge on any atom is 0.416 e. The van der Waals surface area contributed by atoms with E-state index in [1.54, 1.807) is 6.07 Å². The highest BCUT2D eigenvalue weighted by Crippen LogP contribution is 2.33. The van der Waals surface area contributed by atoms with Crippen molar-refractivity contribution in [2.45, 2.75) is 18.5 Å². The Morgan fingerprint density at radius 1 is 1.28 bits per heavy atom. The fourth-order valence-electron chi connectivity index (χ4n) is 2.39. The predicted octanol–water partition coefficient (Wildman–Crippen LogP) is 2.39. The Morgan fingerprint density at radius 2 is 2.06 bits per heavy atom. The summed E-state index contributed by atoms with van der Waals surface area (Å²) in [5.74, 6) is 0.163. The lowest BCUT2D eigenvalue weighted by atomic mass is 9.85. The molecule has 2 nitrogen and oxygen atoms in total. The summed E-state index contributed by atoms with van der Waals surface area (Å²) in [6, 6.07) is 5.47. The molecule has 0 aromatic heterocycles. The zero-order valence-electron chi connectivity index (χ0n) is 9.87. The van der Waals surface area contributed by atoms with E-state index in [1.165, 1.54) is 12.1 Å². The number of alkyl halides is 3. The smallest absolute Gasteiger partial charge is 0.396 e. The Kier molecular flexibility index (Phi) is 3.92. The third kappa shape index (κ3) is 3.03. The molecular weight excluding hydrogens is 243 g/mol. The number of aliphatic hydroxyl groups is 1. The first-order valence-corrected chi connectivity index (χ1v) is 5.99. The minimum absolute atomic E-state index is 0.0400. The molecule has 1 heterocycles. The van der Waals surface area contributed by atoms with E-state index in [2.05, 4.69) is 5.32 Å². The van der Waals surface area contributed by atoms with Crippen LogP contribution in [0.5, 0.6) is 0 Å². The van der Waals surface area contributed by atoms with E-state index < -0.39 is 11.7 Å². The molecule has 1 saturated heterocycles. The van der Waals surface area contributed by atoms with Crippen molar-refractivity contribution in [1.82, 2.24) is 5.32 Å². The number of aliphatic hydroxyl groups excluding tert-OH is 1. The average molecular weight is 259 g/mol. The van der Waals surface area contributed by atoms with Crippen molar-refractivity contribution in [2.75, 3.05) is 19.7 Å². The highest BCUT2D eigenvalue weighted by atomic mass is 19.4. The lowest BCUT2D eigenvalue weighted by molar-refractivity contribution is -0.137. The third-order valence-corrected chi connectivity index (χ3v) is 3.39. The van der Waals surface area contributed by atoms with Crippen LogP contribution in [-0.2, 0) is 6.18 Å². The van der Waals surface area contributed by atoms with Gasteiger partial charge in [-0.05, 0) is 29.9 Å². The molecule has 1 aliphatic rings. The Hall–Kier alpha value is -1.07. The maximum absolute atomic E-state index is 12.6. The molecule has 1 aromatic carbocycles. The lowest BCUT2D eigenvalue weighted by Gasteiger charge is -2.29. The van der Waals surface area contributed by atoms with Crippen LogP contribution in [0.3, 0.4) is 0 Å². The van der Waals surface area contributed by atoms with Crippen molar-refractivity contribution in [2.24, 2.45) is 5.92 Å². The minimum Gasteiger partial charge on any atom is -0.396 e. The van der Waals surface area contributed by atoms with Gasteiger partial charge in [0.25, 0.3) is 0 Å². The first-order chi connectivity index (χ1) is 8.50. The second-order valence-electron chi connectivity index (χ2n) is 4.76. The summed E-state index contributed by atoms with van der Waals surface area (Å²) >= 11 is 0. The van der Waals surface area contributed by atoms with Crippen LogP contribution in [0.25, 0.3) is 0 Å². The van der Waals surface area contributed by atoms with Crippen LogP contribution in [-0.4, -0.2) is 24.8 Å². The van der Waals surface area contributed by atoms with Gasteiger partial charge in [0.05, 0.1) is 5.56 Å². The van der Waals surface area contributed by atoms with E-state index >= 15 is 0 Å². The zero-order chi connectivity index (χ0) is 13.2. The molecular formula is C13H16F3NO. The zero-order valence-corrected chi connectivity index (χ0v) is 9.87. The number of halogens is 3. The SMILES string of the molecule is OCC1CNCC(c2cccc(C(F)(F)F)c2)C1. The topological polar surface area (TPSA) is 32.3 Å². The van der Waals surface area contributed by atoms with Gasteiger partial charge in [-0.2, -0.15) is 13.2 Å². The molecule has 2 atom stereocenters. The van der Waals surface area contributed by atoms with Gasteiger partial charge in [0.1, 0.15) is 0 Å². The van der Waals surface area contributed by atoms with Gasteiger partial charge in [-0.1, -0.05) is 18.2 Å². The fourth-order valence-corrected chi connectivity index (χ4v) is 2.39. The molecule has 1 fully saturated rings. The number of hydrogen-bond donors (Lipinski definition) is 2. The first-order valence-electron chi connectivity index (χ1n) is 5.99. The monoisotopic (exact) mass is 259 g/mol. The number of piperidine rings is 1. The van der Waals surface area contributed by atoms with Gasteiger partial charge in [0, 0.05) is 19.7 Å². The molecule has 0 bridgehead atoms. The standard InChI is InChI=1S/C13H16F3NO/c14-13(15,16)12-3-1-2-10(5-12)11-4-9(8-18)6-17-7-11/h1-3,5,9,11,17-18H,4,6-8H2. The summed E-state index contributed by atoms with van der Waals surface area (Å²) in [6.45, 7) is 1.46. The number of nitrogens with one attached hydrogen (secondary N) is 1. The summed E-state index contributed by atoms with van der Waals surface area (Å²) in [6.07, 6.45) is -3.57. The molecule has 1 aromatic rings. The molecule has 0 radical (unpaired) electrons. The fraction of sp³-hybridized carbons (Fsp3) is 0.538. The van der Waals surface area contributed by atoms with Gasteiger partial charge >= 0.3 is 6.18 Å². The van der Waals surface area contributed by atoms with Gasteiger partial charge in [-0.15, -0.1) is 0 Å². The van der Waals surface area contributed by atoms with E-state index in [-0.39, 0.29) is 18.4 Å². The first kappa shape index (κ1) is 13.4. The molecule has 100 valence electrons. The second-order valence-corrected chi connectivity index (χ2v) is 4.76. The minimum atomic E-state index is -4.30. The molecule has 0 amide bonds. The van der Waals surface area contributed by atoms with Crippen LogP contribution in [0.15, 0.2) is 24.3 Å². The van der Waals surface area contributed by atoms with E-state index in [4.69, 9.17) is 5.11 Å². The lowest BCUT2D eigenvalue weighted by Crippen LogP contribution is -2.36. The largest absolute Gasteiger partial charge is 0.416 e. The van der Waals surface area contributed by atoms with Crippen LogP contribution in [0, 0.1) is 5.92 Å². The molecule has 0 spiro atoms. The van der Waals surface area contributed by atoms with Crippen LogP contribution >= 0.6 is 0 Å². The molecule has 2 N–H and O–H groups in total. The van der Waals surface area contributed by atoms with Crippen molar-refractivity contribution < 1.29 is 18.3 Å². The Labute approximate surface area is 104 Å². The normalized spacial score (nSPS) is 25.1. The van der Waals surface area contributed by atoms with Crippen molar-refractivity contribution >= 4 is 0 Å². The molecule has 2 rings (SSSR count). The van der Waals surface area contributed by atoms with Gasteiger partial charge in [-0.3, -0.25) is 0 Å². The number of rotatable bonds is 2. The van der Waals surface area contributed by atoms with E-state index in [1.807, 2.05) is 0 Å². The third-order valence-electron chi connectivity index (χ3n) is 3.39. The maximum atomic E-state index is 12.6. The van der Waals surface area contributed by atoms with Crippen LogP contribution in [0.1, 0.15) is 23.5 Å². The summed E-state index contributed by atoms with van der Waals surface area (Å²) < 4.78 is 37.9. The van der Waals surface area contributed by atoms with E-state index in [0.717, 1.165) is 19.0 Å². The Balaban J connectivity index is 2.18. The van der Waals surface area contributed by atoms with Crippen molar-refractivity contribution in [1.29, 1.82) is 0 Å². The van der Waals surface area contributed by atoms with Crippen LogP contribution < -0.4 is 5.32 Å². The summed E-state index contributed by atoms with van der Waals surface area (Å²) in [5.41, 5.74) is 0.0848. The van der Waals surface area contributed by atoms with E-state index in [9.17, 15) is 13.2 Å². The Bertz CT molecular complexity index is 405. The molecule has 0 aliphatic carbocycles. The predicted molar refractivity (Wildman–Crippen MR) is 62.2 cm³/mol. The van der Waals surface area contributed by atoms with Gasteiger partial charge in [-0.25, -0.2) is 0 Å². The van der Waals surface area contributed by atoms with Crippen LogP contribution in [0.2, 0.25) is 0 Å². The molecule has 5 heteroatoms. The summed E-state index contributed by atoms with van der Waals surface area (Å²) in [7, 11) is 0. The van der Waals surface area contributed by atoms with Crippen LogP contribution in [0.4, 0.5) is 13.2 Å². The molecule has 0 saturated carbocycles. The Morgan fingerprint density at radius 3 is 2.72 bits per heavy atom.